The van der Waals surface area contributed by atoms with Crippen molar-refractivity contribution in [2.45, 2.75) is 25.3 Å². The van der Waals surface area contributed by atoms with Crippen molar-refractivity contribution >= 4 is 34.2 Å². The smallest absolute Gasteiger partial charge is 0.227 e. The van der Waals surface area contributed by atoms with Gasteiger partial charge in [-0.15, -0.1) is 0 Å². The van der Waals surface area contributed by atoms with E-state index in [2.05, 4.69) is 10.6 Å². The van der Waals surface area contributed by atoms with E-state index in [1.165, 1.54) is 0 Å². The number of nitrogens with zero attached hydrogens (tertiary/aromatic N) is 3. The molecule has 1 atom stereocenters. The number of imidazole rings is 1. The van der Waals surface area contributed by atoms with Gasteiger partial charge in [0.1, 0.15) is 17.3 Å². The van der Waals surface area contributed by atoms with E-state index >= 15 is 0 Å². The number of aromatic nitrogens is 2. The molecule has 0 saturated carbocycles. The number of aryl methyl sites for hydroxylation is 1. The Morgan fingerprint density at radius 2 is 1.82 bits per heavy atom. The van der Waals surface area contributed by atoms with Gasteiger partial charge >= 0.3 is 0 Å². The first-order valence-electron chi connectivity index (χ1n) is 11.4. The standard InChI is InChI=1S/C27H26ClN3O3/c1-33-22-10-12-23(13-11-22)34-15-5-14-30-25-9-3-2-8-24(25)29-27(30)19-16-26(32)31(18-19)21-7-4-6-20(28)17-21/h2-4,6-13,17,19H,5,14-16,18H2,1H3. The number of anilines is 1. The molecule has 0 N–H and O–H groups in total. The van der Waals surface area contributed by atoms with Crippen LogP contribution in [0.15, 0.2) is 72.8 Å². The summed E-state index contributed by atoms with van der Waals surface area (Å²) in [4.78, 5) is 19.6. The number of fused-ring (bicyclic) bond motifs is 1. The second-order valence-electron chi connectivity index (χ2n) is 8.37. The van der Waals surface area contributed by atoms with Gasteiger partial charge in [-0.2, -0.15) is 0 Å². The molecule has 6 nitrogen and oxygen atoms in total. The maximum atomic E-state index is 12.9. The van der Waals surface area contributed by atoms with E-state index in [1.807, 2.05) is 71.6 Å². The second-order valence-corrected chi connectivity index (χ2v) is 8.81. The highest BCUT2D eigenvalue weighted by Gasteiger charge is 2.34. The molecule has 34 heavy (non-hydrogen) atoms. The van der Waals surface area contributed by atoms with E-state index in [0.29, 0.717) is 24.6 Å². The summed E-state index contributed by atoms with van der Waals surface area (Å²) < 4.78 is 13.4. The molecule has 4 aromatic rings. The van der Waals surface area contributed by atoms with Crippen molar-refractivity contribution in [2.75, 3.05) is 25.2 Å². The first-order valence-corrected chi connectivity index (χ1v) is 11.8. The average molecular weight is 476 g/mol. The summed E-state index contributed by atoms with van der Waals surface area (Å²) in [6.07, 6.45) is 1.25. The Bertz CT molecular complexity index is 1300. The first kappa shape index (κ1) is 22.3. The summed E-state index contributed by atoms with van der Waals surface area (Å²) in [6.45, 7) is 1.93. The lowest BCUT2D eigenvalue weighted by Crippen LogP contribution is -2.24. The molecule has 5 rings (SSSR count). The normalized spacial score (nSPS) is 15.8. The number of rotatable bonds is 8. The summed E-state index contributed by atoms with van der Waals surface area (Å²) in [5.74, 6) is 2.67. The van der Waals surface area contributed by atoms with Crippen LogP contribution >= 0.6 is 11.6 Å². The molecule has 1 amide bonds. The highest BCUT2D eigenvalue weighted by molar-refractivity contribution is 6.30. The number of carbonyl (C=O) groups excluding carboxylic acids is 1. The quantitative estimate of drug-likeness (QED) is 0.307. The van der Waals surface area contributed by atoms with Crippen LogP contribution in [0, 0.1) is 0 Å². The fraction of sp³-hybridized carbons (Fsp3) is 0.259. The lowest BCUT2D eigenvalue weighted by molar-refractivity contribution is -0.117. The molecule has 1 fully saturated rings. The minimum absolute atomic E-state index is 0.0152. The summed E-state index contributed by atoms with van der Waals surface area (Å²) in [7, 11) is 1.65. The molecule has 2 heterocycles. The van der Waals surface area contributed by atoms with Crippen LogP contribution in [-0.2, 0) is 11.3 Å². The van der Waals surface area contributed by atoms with Crippen molar-refractivity contribution in [1.29, 1.82) is 0 Å². The largest absolute Gasteiger partial charge is 0.497 e. The van der Waals surface area contributed by atoms with Gasteiger partial charge in [0.05, 0.1) is 24.8 Å². The predicted molar refractivity (Wildman–Crippen MR) is 134 cm³/mol. The number of ether oxygens (including phenoxy) is 2. The van der Waals surface area contributed by atoms with Gasteiger partial charge in [0.2, 0.25) is 5.91 Å². The monoisotopic (exact) mass is 475 g/mol. The Hall–Kier alpha value is -3.51. The Morgan fingerprint density at radius 1 is 1.03 bits per heavy atom. The molecule has 1 aliphatic rings. The van der Waals surface area contributed by atoms with Gasteiger partial charge in [0.15, 0.2) is 0 Å². The lowest BCUT2D eigenvalue weighted by Gasteiger charge is -2.18. The topological polar surface area (TPSA) is 56.6 Å². The number of carbonyl (C=O) groups is 1. The maximum absolute atomic E-state index is 12.9. The van der Waals surface area contributed by atoms with Crippen LogP contribution in [0.3, 0.4) is 0 Å². The van der Waals surface area contributed by atoms with Crippen LogP contribution in [0.2, 0.25) is 5.02 Å². The third-order valence-corrected chi connectivity index (χ3v) is 6.38. The number of halogens is 1. The average Bonchev–Trinajstić information content (AvgIpc) is 3.42. The molecule has 174 valence electrons. The zero-order valence-electron chi connectivity index (χ0n) is 19.0. The molecule has 1 aliphatic heterocycles. The van der Waals surface area contributed by atoms with Crippen molar-refractivity contribution in [1.82, 2.24) is 9.55 Å². The summed E-state index contributed by atoms with van der Waals surface area (Å²) in [6, 6.07) is 23.2. The van der Waals surface area contributed by atoms with E-state index < -0.39 is 0 Å². The molecule has 7 heteroatoms. The number of hydrogen-bond donors (Lipinski definition) is 0. The lowest BCUT2D eigenvalue weighted by atomic mass is 10.1. The van der Waals surface area contributed by atoms with Gasteiger partial charge in [0.25, 0.3) is 0 Å². The highest BCUT2D eigenvalue weighted by Crippen LogP contribution is 2.34. The van der Waals surface area contributed by atoms with Crippen LogP contribution in [0.5, 0.6) is 11.5 Å². The zero-order chi connectivity index (χ0) is 23.5. The molecule has 3 aromatic carbocycles. The molecule has 1 saturated heterocycles. The number of methoxy groups -OCH3 is 1. The summed E-state index contributed by atoms with van der Waals surface area (Å²) >= 11 is 6.16. The van der Waals surface area contributed by atoms with E-state index in [9.17, 15) is 4.79 Å². The van der Waals surface area contributed by atoms with Crippen molar-refractivity contribution < 1.29 is 14.3 Å². The van der Waals surface area contributed by atoms with Crippen molar-refractivity contribution in [2.24, 2.45) is 0 Å². The summed E-state index contributed by atoms with van der Waals surface area (Å²) in [5.41, 5.74) is 2.85. The minimum Gasteiger partial charge on any atom is -0.497 e. The fourth-order valence-electron chi connectivity index (χ4n) is 4.50. The van der Waals surface area contributed by atoms with Gasteiger partial charge < -0.3 is 18.9 Å². The predicted octanol–water partition coefficient (Wildman–Crippen LogP) is 5.69. The molecule has 0 radical (unpaired) electrons. The number of para-hydroxylation sites is 2. The molecule has 0 aliphatic carbocycles. The van der Waals surface area contributed by atoms with Crippen LogP contribution in [0.1, 0.15) is 24.6 Å². The van der Waals surface area contributed by atoms with E-state index in [-0.39, 0.29) is 11.8 Å². The van der Waals surface area contributed by atoms with Crippen molar-refractivity contribution in [3.8, 4) is 11.5 Å². The molecular weight excluding hydrogens is 450 g/mol. The molecule has 1 unspecified atom stereocenters. The highest BCUT2D eigenvalue weighted by atomic mass is 35.5. The Labute approximate surface area is 203 Å². The van der Waals surface area contributed by atoms with E-state index in [1.54, 1.807) is 7.11 Å². The van der Waals surface area contributed by atoms with Crippen LogP contribution in [0.4, 0.5) is 5.69 Å². The van der Waals surface area contributed by atoms with Gasteiger partial charge in [-0.1, -0.05) is 29.8 Å². The maximum Gasteiger partial charge on any atom is 0.227 e. The Morgan fingerprint density at radius 3 is 2.62 bits per heavy atom. The third-order valence-electron chi connectivity index (χ3n) is 6.15. The molecule has 0 bridgehead atoms. The van der Waals surface area contributed by atoms with Crippen LogP contribution < -0.4 is 14.4 Å². The third kappa shape index (κ3) is 4.59. The first-order chi connectivity index (χ1) is 16.6. The SMILES string of the molecule is COc1ccc(OCCCn2c(C3CC(=O)N(c4cccc(Cl)c4)C3)nc3ccccc32)cc1. The van der Waals surface area contributed by atoms with Gasteiger partial charge in [-0.3, -0.25) is 4.79 Å². The molecular formula is C27H26ClN3O3. The Balaban J connectivity index is 1.32. The minimum atomic E-state index is 0.0152. The fourth-order valence-corrected chi connectivity index (χ4v) is 4.68. The Kier molecular flexibility index (Phi) is 6.41. The number of amides is 1. The van der Waals surface area contributed by atoms with Gasteiger partial charge in [-0.05, 0) is 61.0 Å². The van der Waals surface area contributed by atoms with Crippen molar-refractivity contribution in [3.63, 3.8) is 0 Å². The van der Waals surface area contributed by atoms with Crippen molar-refractivity contribution in [3.05, 3.63) is 83.6 Å². The zero-order valence-corrected chi connectivity index (χ0v) is 19.7. The molecule has 0 spiro atoms. The van der Waals surface area contributed by atoms with Crippen LogP contribution in [0.25, 0.3) is 11.0 Å². The second kappa shape index (κ2) is 9.77. The van der Waals surface area contributed by atoms with Gasteiger partial charge in [0, 0.05) is 36.1 Å². The number of benzene rings is 3. The van der Waals surface area contributed by atoms with E-state index in [4.69, 9.17) is 26.1 Å². The van der Waals surface area contributed by atoms with Crippen LogP contribution in [-0.4, -0.2) is 35.7 Å². The van der Waals surface area contributed by atoms with E-state index in [0.717, 1.165) is 47.0 Å². The number of hydrogen-bond acceptors (Lipinski definition) is 4. The van der Waals surface area contributed by atoms with Gasteiger partial charge in [-0.25, -0.2) is 4.98 Å². The summed E-state index contributed by atoms with van der Waals surface area (Å²) in [5, 5.41) is 0.623. The molecule has 1 aromatic heterocycles.